The first-order valence-corrected chi connectivity index (χ1v) is 18.3. The first-order chi connectivity index (χ1) is 17.3. The van der Waals surface area contributed by atoms with E-state index in [0.717, 1.165) is 18.3 Å². The summed E-state index contributed by atoms with van der Waals surface area (Å²) in [6, 6.07) is 0. The molecule has 2 N–H and O–H groups in total. The second-order valence-corrected chi connectivity index (χ2v) is 15.3. The third-order valence-corrected chi connectivity index (χ3v) is 7.10. The Bertz CT molecular complexity index is 1100. The summed E-state index contributed by atoms with van der Waals surface area (Å²) in [5.41, 5.74) is 4.70. The Morgan fingerprint density at radius 3 is 1.61 bits per heavy atom. The molecule has 0 bridgehead atoms. The summed E-state index contributed by atoms with van der Waals surface area (Å²) in [7, 11) is -6.28. The molecule has 0 fully saturated rings. The fourth-order valence-electron chi connectivity index (χ4n) is 1.70. The molecule has 0 radical (unpaired) electrons. The van der Waals surface area contributed by atoms with Gasteiger partial charge in [-0.3, -0.25) is 19.4 Å². The number of sulfone groups is 3. The molecule has 1 amide bonds. The minimum absolute atomic E-state index is 0.0602. The van der Waals surface area contributed by atoms with Gasteiger partial charge in [-0.05, 0) is 6.26 Å². The van der Waals surface area contributed by atoms with Crippen LogP contribution in [0.1, 0.15) is 25.7 Å². The molecule has 1 aliphatic rings. The van der Waals surface area contributed by atoms with Gasteiger partial charge in [-0.25, -0.2) is 30.2 Å². The Balaban J connectivity index is -0.000000433. The van der Waals surface area contributed by atoms with Gasteiger partial charge >= 0.3 is 11.9 Å². The first-order valence-electron chi connectivity index (χ1n) is 10.8. The van der Waals surface area contributed by atoms with Crippen LogP contribution in [0.5, 0.6) is 0 Å². The molecule has 38 heavy (non-hydrogen) atoms. The van der Waals surface area contributed by atoms with Crippen molar-refractivity contribution in [2.24, 2.45) is 15.7 Å². The molecule has 0 aliphatic carbocycles. The van der Waals surface area contributed by atoms with Gasteiger partial charge in [0.2, 0.25) is 5.91 Å². The van der Waals surface area contributed by atoms with Gasteiger partial charge in [-0.15, -0.1) is 0 Å². The SMILES string of the molecule is COC(=O)CCS(C)(=O)=O.COC(=O)CCSC.CS(=O)(=O)CCC(N)=O.CS(=O)(=O)CCC1=NCC=N1. The van der Waals surface area contributed by atoms with Gasteiger partial charge in [-0.1, -0.05) is 0 Å². The minimum Gasteiger partial charge on any atom is -0.469 e. The highest BCUT2D eigenvalue weighted by Gasteiger charge is 2.07. The molecule has 1 heterocycles. The second-order valence-electron chi connectivity index (χ2n) is 7.57. The fourth-order valence-corrected chi connectivity index (χ4v) is 3.73. The predicted octanol–water partition coefficient (Wildman–Crippen LogP) is -0.683. The number of amidine groups is 1. The van der Waals surface area contributed by atoms with E-state index >= 15 is 0 Å². The smallest absolute Gasteiger partial charge is 0.306 e. The van der Waals surface area contributed by atoms with Crippen LogP contribution in [0.3, 0.4) is 0 Å². The van der Waals surface area contributed by atoms with Crippen LogP contribution in [0, 0.1) is 0 Å². The van der Waals surface area contributed by atoms with Crippen LogP contribution in [0.4, 0.5) is 0 Å². The number of hydrogen-bond acceptors (Lipinski definition) is 14. The molecule has 0 aromatic heterocycles. The quantitative estimate of drug-likeness (QED) is 0.266. The van der Waals surface area contributed by atoms with Gasteiger partial charge in [0.15, 0.2) is 0 Å². The lowest BCUT2D eigenvalue weighted by molar-refractivity contribution is -0.141. The number of amides is 1. The highest BCUT2D eigenvalue weighted by molar-refractivity contribution is 7.98. The Morgan fingerprint density at radius 2 is 1.29 bits per heavy atom. The lowest BCUT2D eigenvalue weighted by atomic mass is 10.4. The van der Waals surface area contributed by atoms with Crippen molar-refractivity contribution < 1.29 is 49.1 Å². The van der Waals surface area contributed by atoms with Crippen LogP contribution in [-0.2, 0) is 53.4 Å². The van der Waals surface area contributed by atoms with E-state index in [1.807, 2.05) is 6.26 Å². The average Bonchev–Trinajstić information content (AvgIpc) is 3.32. The second kappa shape index (κ2) is 21.8. The summed E-state index contributed by atoms with van der Waals surface area (Å²) in [6.45, 7) is 0.596. The van der Waals surface area contributed by atoms with Gasteiger partial charge in [0.05, 0.1) is 50.9 Å². The predicted molar refractivity (Wildman–Crippen MR) is 150 cm³/mol. The molecule has 0 atom stereocenters. The van der Waals surface area contributed by atoms with Crippen LogP contribution >= 0.6 is 11.8 Å². The number of esters is 2. The summed E-state index contributed by atoms with van der Waals surface area (Å²) in [5.74, 6) is 0.151. The van der Waals surface area contributed by atoms with E-state index in [1.165, 1.54) is 20.5 Å². The highest BCUT2D eigenvalue weighted by Crippen LogP contribution is 1.98. The third-order valence-electron chi connectivity index (χ3n) is 3.65. The summed E-state index contributed by atoms with van der Waals surface area (Å²) >= 11 is 1.64. The monoisotopic (exact) mass is 625 g/mol. The standard InChI is InChI=1S/C6H10N2O2S.C5H10O4S.C5H10O2S.C4H9NO3S/c1-11(9,10)5-2-6-7-3-4-8-6;1-9-5(6)3-4-10(2,7)8;1-7-5(6)3-4-8-2;1-9(7,8)3-2-4(5)6/h3H,2,4-5H2,1H3;3-4H2,1-2H3;3-4H2,1-2H3;2-3H2,1H3,(H2,5,6). The van der Waals surface area contributed by atoms with Crippen molar-refractivity contribution in [3.05, 3.63) is 0 Å². The molecule has 0 unspecified atom stereocenters. The van der Waals surface area contributed by atoms with Crippen LogP contribution in [0.2, 0.25) is 0 Å². The number of aliphatic imine (C=N–C) groups is 2. The van der Waals surface area contributed by atoms with Gasteiger partial charge < -0.3 is 15.2 Å². The van der Waals surface area contributed by atoms with E-state index in [2.05, 4.69) is 19.5 Å². The third kappa shape index (κ3) is 38.5. The summed E-state index contributed by atoms with van der Waals surface area (Å²) in [6.07, 6.45) is 7.82. The van der Waals surface area contributed by atoms with E-state index in [0.29, 0.717) is 25.2 Å². The number of rotatable bonds is 12. The molecule has 224 valence electrons. The number of nitrogens with two attached hydrogens (primary N) is 1. The number of ether oxygens (including phenoxy) is 2. The largest absolute Gasteiger partial charge is 0.469 e. The maximum Gasteiger partial charge on any atom is 0.306 e. The molecular weight excluding hydrogens is 586 g/mol. The zero-order valence-corrected chi connectivity index (χ0v) is 25.8. The Hall–Kier alpha value is -2.05. The molecule has 0 aromatic carbocycles. The Morgan fingerprint density at radius 1 is 0.842 bits per heavy atom. The van der Waals surface area contributed by atoms with Crippen molar-refractivity contribution in [1.82, 2.24) is 0 Å². The topological polar surface area (TPSA) is 223 Å². The zero-order chi connectivity index (χ0) is 30.4. The van der Waals surface area contributed by atoms with Crippen molar-refractivity contribution in [2.75, 3.05) is 68.8 Å². The molecule has 18 heteroatoms. The number of primary amides is 1. The van der Waals surface area contributed by atoms with Crippen LogP contribution < -0.4 is 5.73 Å². The van der Waals surface area contributed by atoms with Gasteiger partial charge in [0.1, 0.15) is 35.3 Å². The van der Waals surface area contributed by atoms with E-state index in [9.17, 15) is 39.6 Å². The van der Waals surface area contributed by atoms with Gasteiger partial charge in [0.25, 0.3) is 0 Å². The molecular formula is C20H39N3O11S4. The summed E-state index contributed by atoms with van der Waals surface area (Å²) in [4.78, 5) is 38.6. The summed E-state index contributed by atoms with van der Waals surface area (Å²) < 4.78 is 71.5. The number of carbonyl (C=O) groups is 3. The molecule has 1 aliphatic heterocycles. The van der Waals surface area contributed by atoms with Crippen molar-refractivity contribution in [3.8, 4) is 0 Å². The Kier molecular flexibility index (Phi) is 23.2. The average molecular weight is 626 g/mol. The lowest BCUT2D eigenvalue weighted by Crippen LogP contribution is -2.16. The molecule has 1 rings (SSSR count). The lowest BCUT2D eigenvalue weighted by Gasteiger charge is -1.95. The zero-order valence-electron chi connectivity index (χ0n) is 22.5. The number of thioether (sulfide) groups is 1. The molecule has 0 saturated heterocycles. The molecule has 0 saturated carbocycles. The number of carbonyl (C=O) groups excluding carboxylic acids is 3. The highest BCUT2D eigenvalue weighted by atomic mass is 32.2. The number of nitrogens with zero attached hydrogens (tertiary/aromatic N) is 2. The number of hydrogen-bond donors (Lipinski definition) is 1. The minimum atomic E-state index is -3.03. The van der Waals surface area contributed by atoms with E-state index in [4.69, 9.17) is 5.73 Å². The normalized spacial score (nSPS) is 12.3. The first kappa shape index (κ1) is 40.4. The van der Waals surface area contributed by atoms with Crippen LogP contribution in [0.15, 0.2) is 9.98 Å². The van der Waals surface area contributed by atoms with Crippen molar-refractivity contribution in [2.45, 2.75) is 25.7 Å². The molecule has 0 aromatic rings. The van der Waals surface area contributed by atoms with Crippen molar-refractivity contribution >= 4 is 71.2 Å². The molecule has 0 spiro atoms. The van der Waals surface area contributed by atoms with Gasteiger partial charge in [0, 0.05) is 43.6 Å². The van der Waals surface area contributed by atoms with E-state index < -0.39 is 41.4 Å². The van der Waals surface area contributed by atoms with Crippen LogP contribution in [0.25, 0.3) is 0 Å². The van der Waals surface area contributed by atoms with Gasteiger partial charge in [-0.2, -0.15) is 11.8 Å². The van der Waals surface area contributed by atoms with E-state index in [1.54, 1.807) is 18.0 Å². The van der Waals surface area contributed by atoms with Crippen molar-refractivity contribution in [3.63, 3.8) is 0 Å². The van der Waals surface area contributed by atoms with E-state index in [-0.39, 0.29) is 36.1 Å². The van der Waals surface area contributed by atoms with Crippen LogP contribution in [-0.4, -0.2) is 124 Å². The Labute approximate surface area is 230 Å². The molecule has 14 nitrogen and oxygen atoms in total. The maximum atomic E-state index is 10.7. The fraction of sp³-hybridized carbons (Fsp3) is 0.750. The number of methoxy groups -OCH3 is 2. The van der Waals surface area contributed by atoms with Crippen molar-refractivity contribution in [1.29, 1.82) is 0 Å². The summed E-state index contributed by atoms with van der Waals surface area (Å²) in [5, 5.41) is 0. The maximum absolute atomic E-state index is 10.7.